The van der Waals surface area contributed by atoms with Crippen molar-refractivity contribution in [2.24, 2.45) is 0 Å². The van der Waals surface area contributed by atoms with Crippen LogP contribution in [0.4, 0.5) is 4.39 Å². The van der Waals surface area contributed by atoms with Gasteiger partial charge >= 0.3 is 0 Å². The van der Waals surface area contributed by atoms with Crippen molar-refractivity contribution in [3.05, 3.63) is 93.6 Å². The Morgan fingerprint density at radius 2 is 1.71 bits per heavy atom. The van der Waals surface area contributed by atoms with Gasteiger partial charge in [-0.2, -0.15) is 10.5 Å². The first-order valence-electron chi connectivity index (χ1n) is 9.29. The second-order valence-corrected chi connectivity index (χ2v) is 8.02. The molecule has 1 aliphatic rings. The van der Waals surface area contributed by atoms with Crippen LogP contribution in [0, 0.1) is 28.5 Å². The zero-order valence-corrected chi connectivity index (χ0v) is 16.7. The van der Waals surface area contributed by atoms with E-state index in [0.717, 1.165) is 15.1 Å². The van der Waals surface area contributed by atoms with Crippen LogP contribution >= 0.6 is 11.3 Å². The first kappa shape index (κ1) is 18.7. The van der Waals surface area contributed by atoms with Crippen molar-refractivity contribution < 1.29 is 13.6 Å². The minimum absolute atomic E-state index is 0.0941. The van der Waals surface area contributed by atoms with Gasteiger partial charge in [0.2, 0.25) is 0 Å². The number of Topliss-reactive ketones (excluding diaryl/α,β-unsaturated/α-hetero) is 1. The number of nitriles is 2. The van der Waals surface area contributed by atoms with E-state index in [0.29, 0.717) is 33.6 Å². The van der Waals surface area contributed by atoms with Crippen LogP contribution in [0.3, 0.4) is 0 Å². The highest BCUT2D eigenvalue weighted by Crippen LogP contribution is 2.41. The Labute approximate surface area is 180 Å². The summed E-state index contributed by atoms with van der Waals surface area (Å²) in [6.07, 6.45) is 1.70. The Bertz CT molecular complexity index is 1470. The molecule has 146 valence electrons. The van der Waals surface area contributed by atoms with Crippen molar-refractivity contribution in [1.82, 2.24) is 0 Å². The van der Waals surface area contributed by atoms with Gasteiger partial charge in [0.05, 0.1) is 4.70 Å². The third-order valence-electron chi connectivity index (χ3n) is 5.07. The lowest BCUT2D eigenvalue weighted by molar-refractivity contribution is 0.104. The smallest absolute Gasteiger partial charge is 0.194 e. The number of benzene rings is 2. The quantitative estimate of drug-likeness (QED) is 0.277. The molecule has 2 aromatic heterocycles. The lowest BCUT2D eigenvalue weighted by Crippen LogP contribution is -1.95. The molecule has 2 aromatic carbocycles. The van der Waals surface area contributed by atoms with Crippen LogP contribution in [-0.2, 0) is 0 Å². The summed E-state index contributed by atoms with van der Waals surface area (Å²) >= 11 is 1.43. The second kappa shape index (κ2) is 7.21. The van der Waals surface area contributed by atoms with E-state index < -0.39 is 0 Å². The van der Waals surface area contributed by atoms with Gasteiger partial charge < -0.3 is 4.42 Å². The Morgan fingerprint density at radius 3 is 2.39 bits per heavy atom. The van der Waals surface area contributed by atoms with Crippen LogP contribution in [0.1, 0.15) is 20.8 Å². The van der Waals surface area contributed by atoms with Gasteiger partial charge in [0, 0.05) is 33.2 Å². The molecule has 0 N–H and O–H groups in total. The SMILES string of the molecule is N#CC(C#N)=C1/C(=C/c2cc3oc(-c4ccc(F)cc4)cc3s2)C(=O)c2ccccc21. The summed E-state index contributed by atoms with van der Waals surface area (Å²) in [5.41, 5.74) is 3.07. The van der Waals surface area contributed by atoms with Crippen molar-refractivity contribution in [3.63, 3.8) is 0 Å². The molecule has 0 spiro atoms. The van der Waals surface area contributed by atoms with Crippen molar-refractivity contribution in [1.29, 1.82) is 10.5 Å². The van der Waals surface area contributed by atoms with E-state index in [9.17, 15) is 19.7 Å². The number of halogens is 1. The molecule has 4 nitrogen and oxygen atoms in total. The largest absolute Gasteiger partial charge is 0.455 e. The lowest BCUT2D eigenvalue weighted by atomic mass is 9.99. The number of allylic oxidation sites excluding steroid dienone is 3. The fourth-order valence-corrected chi connectivity index (χ4v) is 4.63. The lowest BCUT2D eigenvalue weighted by Gasteiger charge is -2.01. The summed E-state index contributed by atoms with van der Waals surface area (Å²) in [4.78, 5) is 13.8. The van der Waals surface area contributed by atoms with Crippen LogP contribution in [0.5, 0.6) is 0 Å². The summed E-state index contributed by atoms with van der Waals surface area (Å²) in [5.74, 6) is 0.0958. The van der Waals surface area contributed by atoms with Gasteiger partial charge in [-0.05, 0) is 42.0 Å². The van der Waals surface area contributed by atoms with Gasteiger partial charge in [-0.1, -0.05) is 24.3 Å². The van der Waals surface area contributed by atoms with E-state index >= 15 is 0 Å². The zero-order valence-electron chi connectivity index (χ0n) is 15.8. The fourth-order valence-electron chi connectivity index (χ4n) is 3.67. The normalized spacial score (nSPS) is 14.0. The number of fused-ring (bicyclic) bond motifs is 2. The summed E-state index contributed by atoms with van der Waals surface area (Å²) in [6, 6.07) is 20.5. The molecule has 31 heavy (non-hydrogen) atoms. The molecule has 0 bridgehead atoms. The predicted molar refractivity (Wildman–Crippen MR) is 116 cm³/mol. The van der Waals surface area contributed by atoms with Crippen LogP contribution in [0.2, 0.25) is 0 Å². The topological polar surface area (TPSA) is 77.8 Å². The molecule has 0 amide bonds. The van der Waals surface area contributed by atoms with Crippen molar-refractivity contribution in [2.75, 3.05) is 0 Å². The van der Waals surface area contributed by atoms with Crippen LogP contribution in [0.25, 0.3) is 33.3 Å². The third-order valence-corrected chi connectivity index (χ3v) is 6.08. The number of carbonyl (C=O) groups is 1. The Morgan fingerprint density at radius 1 is 1.00 bits per heavy atom. The first-order valence-corrected chi connectivity index (χ1v) is 10.1. The number of thiophene rings is 1. The van der Waals surface area contributed by atoms with Crippen LogP contribution in [0.15, 0.2) is 76.2 Å². The predicted octanol–water partition coefficient (Wildman–Crippen LogP) is 6.38. The van der Waals surface area contributed by atoms with Crippen LogP contribution < -0.4 is 0 Å². The molecule has 0 radical (unpaired) electrons. The minimum Gasteiger partial charge on any atom is -0.455 e. The average Bonchev–Trinajstić information content (AvgIpc) is 3.42. The zero-order chi connectivity index (χ0) is 21.5. The first-order chi connectivity index (χ1) is 15.1. The van der Waals surface area contributed by atoms with Crippen molar-refractivity contribution in [3.8, 4) is 23.5 Å². The summed E-state index contributed by atoms with van der Waals surface area (Å²) in [6.45, 7) is 0. The molecule has 0 saturated carbocycles. The Balaban J connectivity index is 1.60. The molecular formula is C25H11FN2O2S. The van der Waals surface area contributed by atoms with Gasteiger partial charge in [0.1, 0.15) is 34.9 Å². The highest BCUT2D eigenvalue weighted by Gasteiger charge is 2.32. The Kier molecular flexibility index (Phi) is 4.36. The number of hydrogen-bond donors (Lipinski definition) is 0. The number of ketones is 1. The second-order valence-electron chi connectivity index (χ2n) is 6.90. The average molecular weight is 422 g/mol. The Hall–Kier alpha value is -4.26. The molecule has 0 fully saturated rings. The molecule has 4 aromatic rings. The number of hydrogen-bond acceptors (Lipinski definition) is 5. The van der Waals surface area contributed by atoms with E-state index in [-0.39, 0.29) is 17.2 Å². The number of carbonyl (C=O) groups excluding carboxylic acids is 1. The number of nitrogens with zero attached hydrogens (tertiary/aromatic N) is 2. The maximum atomic E-state index is 13.2. The van der Waals surface area contributed by atoms with E-state index in [2.05, 4.69) is 0 Å². The molecule has 0 atom stereocenters. The monoisotopic (exact) mass is 422 g/mol. The molecule has 0 aliphatic heterocycles. The van der Waals surface area contributed by atoms with Gasteiger partial charge in [0.25, 0.3) is 0 Å². The number of rotatable bonds is 2. The van der Waals surface area contributed by atoms with E-state index in [1.165, 1.54) is 23.5 Å². The van der Waals surface area contributed by atoms with E-state index in [1.54, 1.807) is 42.5 Å². The fraction of sp³-hybridized carbons (Fsp3) is 0. The molecule has 6 heteroatoms. The standard InChI is InChI=1S/C25H11FN2O2S/c26-16-7-5-14(6-8-16)21-11-23-22(30-21)10-17(31-23)9-20-24(15(12-27)13-28)18-3-1-2-4-19(18)25(20)29/h1-11H/b20-9-. The summed E-state index contributed by atoms with van der Waals surface area (Å²) < 4.78 is 19.9. The molecule has 2 heterocycles. The third kappa shape index (κ3) is 3.07. The molecule has 5 rings (SSSR count). The van der Waals surface area contributed by atoms with E-state index in [4.69, 9.17) is 4.42 Å². The summed E-state index contributed by atoms with van der Waals surface area (Å²) in [5, 5.41) is 18.8. The van der Waals surface area contributed by atoms with Gasteiger partial charge in [-0.15, -0.1) is 11.3 Å². The molecule has 0 saturated heterocycles. The number of furan rings is 1. The van der Waals surface area contributed by atoms with Crippen molar-refractivity contribution in [2.45, 2.75) is 0 Å². The minimum atomic E-state index is -0.314. The van der Waals surface area contributed by atoms with Gasteiger partial charge in [-0.25, -0.2) is 4.39 Å². The van der Waals surface area contributed by atoms with Crippen molar-refractivity contribution >= 4 is 39.1 Å². The van der Waals surface area contributed by atoms with E-state index in [1.807, 2.05) is 24.3 Å². The highest BCUT2D eigenvalue weighted by molar-refractivity contribution is 7.19. The molecular weight excluding hydrogens is 411 g/mol. The molecule has 1 aliphatic carbocycles. The van der Waals surface area contributed by atoms with Gasteiger partial charge in [-0.3, -0.25) is 4.79 Å². The molecule has 0 unspecified atom stereocenters. The van der Waals surface area contributed by atoms with Gasteiger partial charge in [0.15, 0.2) is 5.78 Å². The maximum absolute atomic E-state index is 13.2. The summed E-state index contributed by atoms with van der Waals surface area (Å²) in [7, 11) is 0. The highest BCUT2D eigenvalue weighted by atomic mass is 32.1. The van der Waals surface area contributed by atoms with Crippen LogP contribution in [-0.4, -0.2) is 5.78 Å². The maximum Gasteiger partial charge on any atom is 0.194 e.